The van der Waals surface area contributed by atoms with Crippen molar-refractivity contribution in [2.24, 2.45) is 11.7 Å². The standard InChI is InChI=1S/C21H19NO6.C2H5NO.C2H6.2CH4O/c1-28-14-4-2-3-11-15(14)21(27)17-16(19(11)25)20(26)12-7-9(13(22)8-23)5-6-10(12)18(17)24;1-2(3)4;3*1-2/h2-4,9,22-24,26H,5-8H2,1H3;1H3,(H2,3,4);1-2H3;2*2H,1H3. The lowest BCUT2D eigenvalue weighted by Crippen LogP contribution is -2.27. The van der Waals surface area contributed by atoms with E-state index in [-0.39, 0.29) is 70.1 Å². The van der Waals surface area contributed by atoms with Crippen LogP contribution >= 0.6 is 0 Å². The van der Waals surface area contributed by atoms with Crippen molar-refractivity contribution in [3.05, 3.63) is 51.6 Å². The molecular weight excluding hydrogens is 496 g/mol. The van der Waals surface area contributed by atoms with Crippen LogP contribution in [-0.4, -0.2) is 76.7 Å². The third kappa shape index (κ3) is 6.94. The number of ether oxygens (including phenoxy) is 1. The lowest BCUT2D eigenvalue weighted by atomic mass is 9.74. The van der Waals surface area contributed by atoms with Gasteiger partial charge in [-0.25, -0.2) is 0 Å². The van der Waals surface area contributed by atoms with E-state index in [0.717, 1.165) is 14.2 Å². The molecule has 1 amide bonds. The first-order valence-corrected chi connectivity index (χ1v) is 11.8. The Kier molecular flexibility index (Phi) is 14.5. The van der Waals surface area contributed by atoms with Gasteiger partial charge in [0, 0.05) is 49.5 Å². The highest BCUT2D eigenvalue weighted by atomic mass is 16.5. The number of carbonyl (C=O) groups is 3. The van der Waals surface area contributed by atoms with Crippen molar-refractivity contribution in [1.82, 2.24) is 0 Å². The number of rotatable bonds is 3. The Labute approximate surface area is 222 Å². The highest BCUT2D eigenvalue weighted by Gasteiger charge is 2.40. The fourth-order valence-electron chi connectivity index (χ4n) is 4.23. The molecule has 8 N–H and O–H groups in total. The fraction of sp³-hybridized carbons (Fsp3) is 0.407. The predicted molar refractivity (Wildman–Crippen MR) is 142 cm³/mol. The Morgan fingerprint density at radius 1 is 1.00 bits per heavy atom. The largest absolute Gasteiger partial charge is 0.507 e. The summed E-state index contributed by atoms with van der Waals surface area (Å²) >= 11 is 0. The molecule has 11 nitrogen and oxygen atoms in total. The van der Waals surface area contributed by atoms with Crippen molar-refractivity contribution in [3.8, 4) is 17.2 Å². The number of phenolic OH excluding ortho intramolecular Hbond substituents is 2. The molecule has 0 bridgehead atoms. The Bertz CT molecular complexity index is 1160. The van der Waals surface area contributed by atoms with Crippen LogP contribution in [0.1, 0.15) is 70.2 Å². The first kappa shape index (κ1) is 34.2. The van der Waals surface area contributed by atoms with E-state index in [0.29, 0.717) is 24.0 Å². The summed E-state index contributed by atoms with van der Waals surface area (Å²) in [7, 11) is 3.39. The monoisotopic (exact) mass is 534 g/mol. The first-order chi connectivity index (χ1) is 18.1. The molecule has 2 aromatic carbocycles. The van der Waals surface area contributed by atoms with Gasteiger partial charge in [0.05, 0.1) is 30.4 Å². The number of phenols is 2. The van der Waals surface area contributed by atoms with E-state index in [1.54, 1.807) is 12.1 Å². The third-order valence-corrected chi connectivity index (χ3v) is 5.69. The number of nitrogens with two attached hydrogens (primary N) is 1. The minimum Gasteiger partial charge on any atom is -0.507 e. The molecule has 2 aliphatic rings. The van der Waals surface area contributed by atoms with Gasteiger partial charge in [-0.2, -0.15) is 0 Å². The summed E-state index contributed by atoms with van der Waals surface area (Å²) < 4.78 is 5.22. The van der Waals surface area contributed by atoms with Crippen LogP contribution in [0.4, 0.5) is 0 Å². The molecular formula is C27H38N2O9. The second-order valence-electron chi connectivity index (χ2n) is 7.68. The van der Waals surface area contributed by atoms with Gasteiger partial charge in [-0.15, -0.1) is 0 Å². The first-order valence-electron chi connectivity index (χ1n) is 11.8. The zero-order valence-electron chi connectivity index (χ0n) is 22.6. The fourth-order valence-corrected chi connectivity index (χ4v) is 4.23. The quantitative estimate of drug-likeness (QED) is 0.192. The van der Waals surface area contributed by atoms with Crippen molar-refractivity contribution in [3.63, 3.8) is 0 Å². The number of aliphatic hydroxyl groups is 3. The van der Waals surface area contributed by atoms with Crippen molar-refractivity contribution in [1.29, 1.82) is 5.41 Å². The minimum atomic E-state index is -0.567. The topological polar surface area (TPSA) is 211 Å². The summed E-state index contributed by atoms with van der Waals surface area (Å²) in [5.74, 6) is -2.14. The van der Waals surface area contributed by atoms with Crippen LogP contribution in [0.3, 0.4) is 0 Å². The number of benzene rings is 2. The van der Waals surface area contributed by atoms with Crippen molar-refractivity contribution >= 4 is 23.2 Å². The molecule has 0 aromatic heterocycles. The zero-order chi connectivity index (χ0) is 29.7. The minimum absolute atomic E-state index is 0.0768. The smallest absolute Gasteiger partial charge is 0.214 e. The average molecular weight is 535 g/mol. The molecule has 2 aromatic rings. The van der Waals surface area contributed by atoms with E-state index in [1.165, 1.54) is 20.1 Å². The number of aromatic hydroxyl groups is 2. The Morgan fingerprint density at radius 3 is 2.00 bits per heavy atom. The number of fused-ring (bicyclic) bond motifs is 3. The highest BCUT2D eigenvalue weighted by molar-refractivity contribution is 6.31. The molecule has 0 spiro atoms. The highest BCUT2D eigenvalue weighted by Crippen LogP contribution is 2.47. The van der Waals surface area contributed by atoms with Crippen LogP contribution < -0.4 is 10.5 Å². The molecule has 11 heteroatoms. The normalized spacial score (nSPS) is 14.1. The van der Waals surface area contributed by atoms with Crippen molar-refractivity contribution in [2.45, 2.75) is 40.0 Å². The van der Waals surface area contributed by atoms with Gasteiger partial charge in [0.15, 0.2) is 5.78 Å². The maximum atomic E-state index is 13.1. The number of nitrogens with one attached hydrogen (secondary N) is 1. The summed E-state index contributed by atoms with van der Waals surface area (Å²) in [6.45, 7) is 4.92. The van der Waals surface area contributed by atoms with Gasteiger partial charge in [-0.05, 0) is 25.3 Å². The lowest BCUT2D eigenvalue weighted by molar-refractivity contribution is -0.115. The Hall–Kier alpha value is -3.80. The summed E-state index contributed by atoms with van der Waals surface area (Å²) in [6, 6.07) is 4.64. The maximum Gasteiger partial charge on any atom is 0.214 e. The molecule has 0 aliphatic heterocycles. The molecule has 2 aliphatic carbocycles. The van der Waals surface area contributed by atoms with Gasteiger partial charge in [-0.3, -0.25) is 14.4 Å². The van der Waals surface area contributed by atoms with Crippen LogP contribution in [0.5, 0.6) is 17.2 Å². The van der Waals surface area contributed by atoms with Crippen LogP contribution in [-0.2, 0) is 17.6 Å². The Morgan fingerprint density at radius 2 is 1.50 bits per heavy atom. The average Bonchev–Trinajstić information content (AvgIpc) is 2.95. The van der Waals surface area contributed by atoms with Gasteiger partial charge in [0.1, 0.15) is 17.2 Å². The van der Waals surface area contributed by atoms with Crippen LogP contribution in [0, 0.1) is 11.3 Å². The van der Waals surface area contributed by atoms with E-state index in [4.69, 9.17) is 20.4 Å². The second-order valence-corrected chi connectivity index (χ2v) is 7.68. The van der Waals surface area contributed by atoms with Gasteiger partial charge in [-0.1, -0.05) is 26.0 Å². The maximum absolute atomic E-state index is 13.1. The molecule has 0 saturated heterocycles. The molecule has 0 heterocycles. The van der Waals surface area contributed by atoms with Crippen LogP contribution in [0.15, 0.2) is 18.2 Å². The predicted octanol–water partition coefficient (Wildman–Crippen LogP) is 1.73. The number of carbonyl (C=O) groups excluding carboxylic acids is 3. The molecule has 38 heavy (non-hydrogen) atoms. The van der Waals surface area contributed by atoms with Crippen molar-refractivity contribution in [2.75, 3.05) is 27.9 Å². The summed E-state index contributed by atoms with van der Waals surface area (Å²) in [4.78, 5) is 35.5. The van der Waals surface area contributed by atoms with Gasteiger partial charge in [0.25, 0.3) is 0 Å². The second kappa shape index (κ2) is 16.1. The van der Waals surface area contributed by atoms with E-state index in [2.05, 4.69) is 5.73 Å². The lowest BCUT2D eigenvalue weighted by Gasteiger charge is -2.30. The van der Waals surface area contributed by atoms with Gasteiger partial charge in [0.2, 0.25) is 11.7 Å². The van der Waals surface area contributed by atoms with Gasteiger partial charge < -0.3 is 41.4 Å². The van der Waals surface area contributed by atoms with Gasteiger partial charge >= 0.3 is 0 Å². The number of amides is 1. The number of primary amides is 1. The van der Waals surface area contributed by atoms with E-state index in [9.17, 15) is 29.7 Å². The number of methoxy groups -OCH3 is 1. The summed E-state index contributed by atoms with van der Waals surface area (Å²) in [5.41, 5.74) is 5.16. The number of hydrogen-bond acceptors (Lipinski definition) is 10. The van der Waals surface area contributed by atoms with E-state index < -0.39 is 11.6 Å². The number of aliphatic hydroxyl groups excluding tert-OH is 3. The summed E-state index contributed by atoms with van der Waals surface area (Å²) in [6.07, 6.45) is 1.05. The third-order valence-electron chi connectivity index (χ3n) is 5.69. The summed E-state index contributed by atoms with van der Waals surface area (Å²) in [5, 5.41) is 52.8. The van der Waals surface area contributed by atoms with Crippen LogP contribution in [0.25, 0.3) is 0 Å². The molecule has 0 fully saturated rings. The Balaban J connectivity index is 0.00000121. The zero-order valence-corrected chi connectivity index (χ0v) is 22.6. The molecule has 0 saturated carbocycles. The number of ketones is 2. The molecule has 1 atom stereocenters. The van der Waals surface area contributed by atoms with E-state index >= 15 is 0 Å². The molecule has 0 radical (unpaired) electrons. The van der Waals surface area contributed by atoms with Crippen molar-refractivity contribution < 1.29 is 44.7 Å². The van der Waals surface area contributed by atoms with E-state index in [1.807, 2.05) is 13.8 Å². The molecule has 210 valence electrons. The van der Waals surface area contributed by atoms with Crippen LogP contribution in [0.2, 0.25) is 0 Å². The number of hydrogen-bond donors (Lipinski definition) is 7. The SMILES string of the molecule is CC.CC(N)=O.CO.CO.COc1cccc2c1C(=O)c1c(O)c3c(c(O)c1C2=O)CC(C(=N)CO)CC3. The molecule has 4 rings (SSSR count). The molecule has 1 unspecified atom stereocenters.